The molecule has 0 aliphatic carbocycles. The number of thioether (sulfide) groups is 1. The highest BCUT2D eigenvalue weighted by atomic mass is 35.5. The second-order valence-corrected chi connectivity index (χ2v) is 6.28. The van der Waals surface area contributed by atoms with Gasteiger partial charge in [0.05, 0.1) is 16.6 Å². The smallest absolute Gasteiger partial charge is 0.255 e. The lowest BCUT2D eigenvalue weighted by atomic mass is 10.1. The van der Waals surface area contributed by atoms with Crippen LogP contribution in [0.15, 0.2) is 23.1 Å². The minimum absolute atomic E-state index is 0.0190. The predicted octanol–water partition coefficient (Wildman–Crippen LogP) is 1.78. The first-order chi connectivity index (χ1) is 9.56. The minimum atomic E-state index is -0.0190. The van der Waals surface area contributed by atoms with Gasteiger partial charge in [-0.1, -0.05) is 11.6 Å². The van der Waals surface area contributed by atoms with Crippen molar-refractivity contribution in [3.63, 3.8) is 0 Å². The molecule has 1 fully saturated rings. The Morgan fingerprint density at radius 1 is 1.50 bits per heavy atom. The number of piperazine rings is 1. The van der Waals surface area contributed by atoms with E-state index in [1.165, 1.54) is 0 Å². The van der Waals surface area contributed by atoms with Crippen molar-refractivity contribution in [3.05, 3.63) is 28.8 Å². The number of halogens is 1. The van der Waals surface area contributed by atoms with Gasteiger partial charge in [-0.05, 0) is 31.5 Å². The normalized spacial score (nSPS) is 20.2. The lowest BCUT2D eigenvalue weighted by Crippen LogP contribution is -2.56. The van der Waals surface area contributed by atoms with Crippen LogP contribution in [-0.4, -0.2) is 61.2 Å². The minimum Gasteiger partial charge on any atom is -0.332 e. The van der Waals surface area contributed by atoms with Crippen LogP contribution in [0.4, 0.5) is 0 Å². The van der Waals surface area contributed by atoms with Crippen LogP contribution in [0.5, 0.6) is 0 Å². The molecule has 1 aliphatic rings. The Morgan fingerprint density at radius 2 is 2.25 bits per heavy atom. The molecule has 1 saturated heterocycles. The summed E-state index contributed by atoms with van der Waals surface area (Å²) in [5.74, 6) is -0.0190. The zero-order chi connectivity index (χ0) is 14.7. The lowest BCUT2D eigenvalue weighted by molar-refractivity contribution is 0.0516. The van der Waals surface area contributed by atoms with E-state index < -0.39 is 0 Å². The molecule has 0 aromatic heterocycles. The van der Waals surface area contributed by atoms with E-state index in [4.69, 9.17) is 17.3 Å². The van der Waals surface area contributed by atoms with Crippen molar-refractivity contribution >= 4 is 29.3 Å². The number of amides is 1. The van der Waals surface area contributed by atoms with E-state index in [-0.39, 0.29) is 11.9 Å². The molecule has 20 heavy (non-hydrogen) atoms. The summed E-state index contributed by atoms with van der Waals surface area (Å²) in [7, 11) is 2.05. The molecule has 1 amide bonds. The van der Waals surface area contributed by atoms with Gasteiger partial charge in [0.15, 0.2) is 0 Å². The molecule has 0 spiro atoms. The highest BCUT2D eigenvalue weighted by molar-refractivity contribution is 7.98. The fourth-order valence-electron chi connectivity index (χ4n) is 2.43. The fraction of sp³-hybridized carbons (Fsp3) is 0.500. The van der Waals surface area contributed by atoms with Crippen molar-refractivity contribution in [1.82, 2.24) is 9.80 Å². The maximum absolute atomic E-state index is 12.7. The molecular formula is C14H20ClN3OS. The van der Waals surface area contributed by atoms with Gasteiger partial charge in [0.1, 0.15) is 0 Å². The third-order valence-electron chi connectivity index (χ3n) is 3.62. The third-order valence-corrected chi connectivity index (χ3v) is 4.68. The van der Waals surface area contributed by atoms with Crippen LogP contribution < -0.4 is 5.73 Å². The van der Waals surface area contributed by atoms with Gasteiger partial charge in [-0.15, -0.1) is 11.8 Å². The Balaban J connectivity index is 2.26. The van der Waals surface area contributed by atoms with Crippen molar-refractivity contribution in [1.29, 1.82) is 0 Å². The number of hydrogen-bond donors (Lipinski definition) is 1. The number of nitrogens with two attached hydrogens (primary N) is 1. The third kappa shape index (κ3) is 3.28. The molecule has 1 atom stereocenters. The molecule has 0 bridgehead atoms. The van der Waals surface area contributed by atoms with Crippen molar-refractivity contribution in [2.45, 2.75) is 10.9 Å². The average molecular weight is 314 g/mol. The zero-order valence-corrected chi connectivity index (χ0v) is 13.4. The van der Waals surface area contributed by atoms with Crippen molar-refractivity contribution in [3.8, 4) is 0 Å². The predicted molar refractivity (Wildman–Crippen MR) is 84.6 cm³/mol. The fourth-order valence-corrected chi connectivity index (χ4v) is 3.07. The number of rotatable bonds is 3. The van der Waals surface area contributed by atoms with Gasteiger partial charge >= 0.3 is 0 Å². The van der Waals surface area contributed by atoms with Crippen LogP contribution in [0.3, 0.4) is 0 Å². The molecule has 110 valence electrons. The van der Waals surface area contributed by atoms with Crippen LogP contribution in [-0.2, 0) is 0 Å². The number of carbonyl (C=O) groups excluding carboxylic acids is 1. The van der Waals surface area contributed by atoms with Gasteiger partial charge in [0.25, 0.3) is 5.91 Å². The summed E-state index contributed by atoms with van der Waals surface area (Å²) in [6, 6.07) is 5.62. The second kappa shape index (κ2) is 6.80. The molecule has 4 nitrogen and oxygen atoms in total. The summed E-state index contributed by atoms with van der Waals surface area (Å²) in [6.07, 6.45) is 1.98. The number of likely N-dealkylation sites (N-methyl/N-ethyl adjacent to an activating group) is 1. The molecule has 2 rings (SSSR count). The average Bonchev–Trinajstić information content (AvgIpc) is 2.47. The molecule has 1 unspecified atom stereocenters. The molecule has 0 saturated carbocycles. The molecular weight excluding hydrogens is 294 g/mol. The maximum Gasteiger partial charge on any atom is 0.255 e. The van der Waals surface area contributed by atoms with Crippen molar-refractivity contribution in [2.24, 2.45) is 5.73 Å². The molecule has 1 aromatic rings. The second-order valence-electron chi connectivity index (χ2n) is 5.00. The van der Waals surface area contributed by atoms with Gasteiger partial charge < -0.3 is 15.5 Å². The van der Waals surface area contributed by atoms with Crippen LogP contribution in [0, 0.1) is 0 Å². The van der Waals surface area contributed by atoms with Crippen LogP contribution >= 0.6 is 23.4 Å². The first-order valence-electron chi connectivity index (χ1n) is 6.60. The summed E-state index contributed by atoms with van der Waals surface area (Å²) < 4.78 is 0. The number of nitrogens with zero attached hydrogens (tertiary/aromatic N) is 2. The maximum atomic E-state index is 12.7. The Bertz CT molecular complexity index is 497. The molecule has 1 aliphatic heterocycles. The standard InChI is InChI=1S/C14H20ClN3OS/c1-17-5-6-18(10(8-16)9-17)14(19)12-7-11(20-2)3-4-13(12)15/h3-4,7,10H,5-6,8-9,16H2,1-2H3. The van der Waals surface area contributed by atoms with Gasteiger partial charge in [0, 0.05) is 31.1 Å². The summed E-state index contributed by atoms with van der Waals surface area (Å²) >= 11 is 7.79. The van der Waals surface area contributed by atoms with Crippen molar-refractivity contribution < 1.29 is 4.79 Å². The van der Waals surface area contributed by atoms with Gasteiger partial charge in [-0.3, -0.25) is 4.79 Å². The molecule has 1 aromatic carbocycles. The Hall–Kier alpha value is -0.750. The van der Waals surface area contributed by atoms with Crippen molar-refractivity contribution in [2.75, 3.05) is 39.5 Å². The van der Waals surface area contributed by atoms with E-state index in [9.17, 15) is 4.79 Å². The van der Waals surface area contributed by atoms with E-state index in [0.29, 0.717) is 23.7 Å². The van der Waals surface area contributed by atoms with E-state index in [0.717, 1.165) is 18.0 Å². The Kier molecular flexibility index (Phi) is 5.32. The number of hydrogen-bond acceptors (Lipinski definition) is 4. The van der Waals surface area contributed by atoms with E-state index in [1.54, 1.807) is 17.8 Å². The summed E-state index contributed by atoms with van der Waals surface area (Å²) in [5, 5.41) is 0.502. The SMILES string of the molecule is CSc1ccc(Cl)c(C(=O)N2CCN(C)CC2CN)c1. The Morgan fingerprint density at radius 3 is 2.90 bits per heavy atom. The molecule has 6 heteroatoms. The number of benzene rings is 1. The van der Waals surface area contributed by atoms with Crippen LogP contribution in [0.25, 0.3) is 0 Å². The van der Waals surface area contributed by atoms with Crippen LogP contribution in [0.1, 0.15) is 10.4 Å². The summed E-state index contributed by atoms with van der Waals surface area (Å²) in [4.78, 5) is 17.8. The molecule has 0 radical (unpaired) electrons. The topological polar surface area (TPSA) is 49.6 Å². The van der Waals surface area contributed by atoms with E-state index in [1.807, 2.05) is 30.3 Å². The first-order valence-corrected chi connectivity index (χ1v) is 8.20. The van der Waals surface area contributed by atoms with Gasteiger partial charge in [-0.25, -0.2) is 0 Å². The monoisotopic (exact) mass is 313 g/mol. The highest BCUT2D eigenvalue weighted by Gasteiger charge is 2.29. The van der Waals surface area contributed by atoms with Crippen LogP contribution in [0.2, 0.25) is 5.02 Å². The largest absolute Gasteiger partial charge is 0.332 e. The summed E-state index contributed by atoms with van der Waals surface area (Å²) in [5.41, 5.74) is 6.38. The Labute approximate surface area is 129 Å². The van der Waals surface area contributed by atoms with E-state index >= 15 is 0 Å². The van der Waals surface area contributed by atoms with E-state index in [2.05, 4.69) is 4.90 Å². The van der Waals surface area contributed by atoms with Gasteiger partial charge in [0.2, 0.25) is 0 Å². The first kappa shape index (κ1) is 15.6. The number of carbonyl (C=O) groups is 1. The lowest BCUT2D eigenvalue weighted by Gasteiger charge is -2.39. The molecule has 1 heterocycles. The summed E-state index contributed by atoms with van der Waals surface area (Å²) in [6.45, 7) is 2.83. The van der Waals surface area contributed by atoms with Gasteiger partial charge in [-0.2, -0.15) is 0 Å². The molecule has 2 N–H and O–H groups in total. The quantitative estimate of drug-likeness (QED) is 0.864. The zero-order valence-electron chi connectivity index (χ0n) is 11.8. The highest BCUT2D eigenvalue weighted by Crippen LogP contribution is 2.25.